The molecule has 5 amide bonds. The van der Waals surface area contributed by atoms with Crippen LogP contribution in [0.3, 0.4) is 0 Å². The summed E-state index contributed by atoms with van der Waals surface area (Å²) in [4.78, 5) is 74.5. The highest BCUT2D eigenvalue weighted by Gasteiger charge is 2.33. The van der Waals surface area contributed by atoms with Crippen LogP contribution in [0.4, 0.5) is 0 Å². The van der Waals surface area contributed by atoms with E-state index >= 15 is 0 Å². The zero-order valence-electron chi connectivity index (χ0n) is 22.9. The molecule has 0 heterocycles. The normalized spacial score (nSPS) is 16.0. The molecule has 0 aliphatic rings. The average molecular weight is 583 g/mol. The van der Waals surface area contributed by atoms with Gasteiger partial charge < -0.3 is 53.2 Å². The minimum absolute atomic E-state index is 0.0385. The second kappa shape index (κ2) is 16.1. The largest absolute Gasteiger partial charge is 0.508 e. The lowest BCUT2D eigenvalue weighted by atomic mass is 10.0. The Morgan fingerprint density at radius 2 is 1.27 bits per heavy atom. The van der Waals surface area contributed by atoms with Crippen molar-refractivity contribution in [1.29, 1.82) is 0 Å². The summed E-state index contributed by atoms with van der Waals surface area (Å²) < 4.78 is 0. The van der Waals surface area contributed by atoms with E-state index in [1.165, 1.54) is 31.2 Å². The molecule has 1 aromatic rings. The van der Waals surface area contributed by atoms with Crippen molar-refractivity contribution in [2.24, 2.45) is 11.5 Å². The zero-order chi connectivity index (χ0) is 31.4. The molecule has 0 spiro atoms. The Morgan fingerprint density at radius 3 is 1.73 bits per heavy atom. The summed E-state index contributed by atoms with van der Waals surface area (Å²) in [6, 6.07) is -1.82. The second-order valence-electron chi connectivity index (χ2n) is 9.46. The van der Waals surface area contributed by atoms with Crippen molar-refractivity contribution in [3.8, 4) is 5.75 Å². The molecule has 228 valence electrons. The number of aliphatic carboxylic acids is 1. The molecule has 1 aromatic carbocycles. The van der Waals surface area contributed by atoms with Crippen LogP contribution in [0.25, 0.3) is 0 Å². The Hall–Kier alpha value is -4.28. The van der Waals surface area contributed by atoms with E-state index in [4.69, 9.17) is 11.5 Å². The van der Waals surface area contributed by atoms with Crippen molar-refractivity contribution in [2.45, 2.75) is 82.5 Å². The maximum atomic E-state index is 13.2. The molecular formula is C25H38N6O10. The number of amides is 5. The van der Waals surface area contributed by atoms with Crippen LogP contribution >= 0.6 is 0 Å². The lowest BCUT2D eigenvalue weighted by molar-refractivity contribution is -0.145. The first-order valence-electron chi connectivity index (χ1n) is 12.7. The molecular weight excluding hydrogens is 544 g/mol. The number of benzene rings is 1. The molecule has 0 saturated heterocycles. The molecule has 7 atom stereocenters. The molecule has 0 aromatic heterocycles. The third-order valence-corrected chi connectivity index (χ3v) is 5.96. The van der Waals surface area contributed by atoms with Crippen LogP contribution in [-0.4, -0.2) is 98.3 Å². The fourth-order valence-corrected chi connectivity index (χ4v) is 3.51. The number of nitrogens with two attached hydrogens (primary N) is 2. The van der Waals surface area contributed by atoms with Gasteiger partial charge in [0.05, 0.1) is 18.6 Å². The number of carboxylic acid groups (broad SMARTS) is 1. The first-order chi connectivity index (χ1) is 19.1. The first-order valence-corrected chi connectivity index (χ1v) is 12.7. The third-order valence-electron chi connectivity index (χ3n) is 5.96. The maximum Gasteiger partial charge on any atom is 0.328 e. The molecule has 41 heavy (non-hydrogen) atoms. The number of carboxylic acids is 1. The van der Waals surface area contributed by atoms with E-state index in [-0.39, 0.29) is 18.6 Å². The molecule has 16 nitrogen and oxygen atoms in total. The number of hydrogen-bond donors (Lipinski definition) is 10. The Balaban J connectivity index is 3.21. The average Bonchev–Trinajstić information content (AvgIpc) is 2.88. The van der Waals surface area contributed by atoms with Gasteiger partial charge >= 0.3 is 5.97 Å². The van der Waals surface area contributed by atoms with E-state index in [1.807, 2.05) is 0 Å². The van der Waals surface area contributed by atoms with Gasteiger partial charge in [-0.15, -0.1) is 0 Å². The molecule has 0 aliphatic heterocycles. The molecule has 0 saturated carbocycles. The summed E-state index contributed by atoms with van der Waals surface area (Å²) in [6.45, 7) is 3.96. The number of aliphatic hydroxyl groups is 2. The summed E-state index contributed by atoms with van der Waals surface area (Å²) in [6.07, 6.45) is -3.58. The van der Waals surface area contributed by atoms with Gasteiger partial charge in [0, 0.05) is 6.42 Å². The van der Waals surface area contributed by atoms with Gasteiger partial charge in [0.15, 0.2) is 6.04 Å². The van der Waals surface area contributed by atoms with E-state index in [0.717, 1.165) is 6.92 Å². The Labute approximate surface area is 235 Å². The maximum absolute atomic E-state index is 13.2. The fourth-order valence-electron chi connectivity index (χ4n) is 3.51. The summed E-state index contributed by atoms with van der Waals surface area (Å²) in [5.41, 5.74) is 11.3. The SMILES string of the molecule is CC[C@H](NC(=O)[C@@H](N)[C@@H](C)O)C(=O)N[C@@H](CC(N)=O)C(=O)N[C@@H](Cc1ccc(O)cc1)C(=O)N[C@H](C(=O)O)[C@@H](C)O. The summed E-state index contributed by atoms with van der Waals surface area (Å²) in [5.74, 6) is -6.37. The summed E-state index contributed by atoms with van der Waals surface area (Å²) in [7, 11) is 0. The van der Waals surface area contributed by atoms with Crippen LogP contribution in [0.15, 0.2) is 24.3 Å². The van der Waals surface area contributed by atoms with Gasteiger partial charge in [0.1, 0.15) is 29.9 Å². The molecule has 0 aliphatic carbocycles. The van der Waals surface area contributed by atoms with Gasteiger partial charge in [-0.3, -0.25) is 24.0 Å². The van der Waals surface area contributed by atoms with Crippen molar-refractivity contribution in [2.75, 3.05) is 0 Å². The van der Waals surface area contributed by atoms with Gasteiger partial charge in [-0.1, -0.05) is 19.1 Å². The Kier molecular flexibility index (Phi) is 13.6. The monoisotopic (exact) mass is 582 g/mol. The minimum atomic E-state index is -1.72. The Bertz CT molecular complexity index is 1090. The third kappa shape index (κ3) is 11.4. The highest BCUT2D eigenvalue weighted by Crippen LogP contribution is 2.12. The number of aliphatic hydroxyl groups excluding tert-OH is 2. The van der Waals surface area contributed by atoms with Crippen LogP contribution in [0.2, 0.25) is 0 Å². The predicted molar refractivity (Wildman–Crippen MR) is 143 cm³/mol. The summed E-state index contributed by atoms with van der Waals surface area (Å²) >= 11 is 0. The van der Waals surface area contributed by atoms with Crippen LogP contribution in [0.1, 0.15) is 39.2 Å². The second-order valence-corrected chi connectivity index (χ2v) is 9.46. The van der Waals surface area contributed by atoms with Crippen molar-refractivity contribution in [1.82, 2.24) is 21.3 Å². The van der Waals surface area contributed by atoms with Crippen molar-refractivity contribution in [3.05, 3.63) is 29.8 Å². The van der Waals surface area contributed by atoms with E-state index in [0.29, 0.717) is 5.56 Å². The number of primary amides is 1. The number of hydrogen-bond acceptors (Lipinski definition) is 10. The van der Waals surface area contributed by atoms with Gasteiger partial charge in [0.25, 0.3) is 0 Å². The number of rotatable bonds is 16. The van der Waals surface area contributed by atoms with E-state index in [1.54, 1.807) is 6.92 Å². The number of phenols is 1. The van der Waals surface area contributed by atoms with Crippen LogP contribution in [0, 0.1) is 0 Å². The smallest absolute Gasteiger partial charge is 0.328 e. The number of carbonyl (C=O) groups is 6. The molecule has 12 N–H and O–H groups in total. The minimum Gasteiger partial charge on any atom is -0.508 e. The number of carbonyl (C=O) groups excluding carboxylic acids is 5. The van der Waals surface area contributed by atoms with Gasteiger partial charge in [-0.05, 0) is 38.0 Å². The highest BCUT2D eigenvalue weighted by molar-refractivity contribution is 5.97. The van der Waals surface area contributed by atoms with Crippen molar-refractivity contribution < 1.29 is 49.2 Å². The van der Waals surface area contributed by atoms with Crippen LogP contribution in [-0.2, 0) is 35.2 Å². The zero-order valence-corrected chi connectivity index (χ0v) is 22.9. The first kappa shape index (κ1) is 34.7. The Morgan fingerprint density at radius 1 is 0.780 bits per heavy atom. The van der Waals surface area contributed by atoms with Crippen LogP contribution in [0.5, 0.6) is 5.75 Å². The molecule has 0 bridgehead atoms. The number of aromatic hydroxyl groups is 1. The van der Waals surface area contributed by atoms with Crippen molar-refractivity contribution >= 4 is 35.5 Å². The van der Waals surface area contributed by atoms with Crippen LogP contribution < -0.4 is 32.7 Å². The molecule has 0 radical (unpaired) electrons. The topological polar surface area (TPSA) is 284 Å². The van der Waals surface area contributed by atoms with Crippen molar-refractivity contribution in [3.63, 3.8) is 0 Å². The lowest BCUT2D eigenvalue weighted by Gasteiger charge is -2.26. The predicted octanol–water partition coefficient (Wildman–Crippen LogP) is -3.67. The summed E-state index contributed by atoms with van der Waals surface area (Å²) in [5, 5.41) is 47.2. The fraction of sp³-hybridized carbons (Fsp3) is 0.520. The quantitative estimate of drug-likeness (QED) is 0.0906. The standard InChI is InChI=1S/C25H38N6O10/c1-4-15(28-24(39)19(27)11(2)32)21(36)30-17(10-18(26)35)22(37)29-16(9-13-5-7-14(34)8-6-13)23(38)31-20(12(3)33)25(40)41/h5-8,11-12,15-17,19-20,32-34H,4,9-10,27H2,1-3H3,(H2,26,35)(H,28,39)(H,29,37)(H,30,36)(H,31,38)(H,40,41)/t11-,12-,15+,16+,17+,19+,20+/m1/s1. The number of nitrogens with one attached hydrogen (secondary N) is 4. The van der Waals surface area contributed by atoms with E-state index in [9.17, 15) is 49.2 Å². The van der Waals surface area contributed by atoms with E-state index in [2.05, 4.69) is 21.3 Å². The molecule has 1 rings (SSSR count). The molecule has 16 heteroatoms. The lowest BCUT2D eigenvalue weighted by Crippen LogP contribution is -2.60. The highest BCUT2D eigenvalue weighted by atomic mass is 16.4. The van der Waals surface area contributed by atoms with Gasteiger partial charge in [-0.25, -0.2) is 4.79 Å². The van der Waals surface area contributed by atoms with E-state index < -0.39 is 84.3 Å². The molecule has 0 fully saturated rings. The number of phenolic OH excluding ortho intramolecular Hbond substituents is 1. The molecule has 0 unspecified atom stereocenters. The van der Waals surface area contributed by atoms with Gasteiger partial charge in [0.2, 0.25) is 29.5 Å². The van der Waals surface area contributed by atoms with Gasteiger partial charge in [-0.2, -0.15) is 0 Å².